The van der Waals surface area contributed by atoms with E-state index in [0.29, 0.717) is 0 Å². The van der Waals surface area contributed by atoms with Gasteiger partial charge in [-0.3, -0.25) is 0 Å². The smallest absolute Gasteiger partial charge is 0 e. The van der Waals surface area contributed by atoms with Gasteiger partial charge in [0.25, 0.3) is 0 Å². The third-order valence-electron chi connectivity index (χ3n) is 0. The van der Waals surface area contributed by atoms with Crippen LogP contribution in [-0.2, 0) is 17.1 Å². The summed E-state index contributed by atoms with van der Waals surface area (Å²) in [6.07, 6.45) is 0. The molecule has 0 aliphatic heterocycles. The summed E-state index contributed by atoms with van der Waals surface area (Å²) in [5.41, 5.74) is 0. The van der Waals surface area contributed by atoms with Gasteiger partial charge in [-0.1, -0.05) is 0 Å². The van der Waals surface area contributed by atoms with Crippen molar-refractivity contribution < 1.29 is 28.0 Å². The average Bonchev–Trinajstić information content (AvgIpc) is 0. The van der Waals surface area contributed by atoms with Crippen LogP contribution in [0.2, 0.25) is 0 Å². The molecule has 0 aromatic rings. The molecule has 0 aliphatic rings. The van der Waals surface area contributed by atoms with Crippen LogP contribution in [0.15, 0.2) is 0 Å². The van der Waals surface area contributed by atoms with Gasteiger partial charge in [-0.2, -0.15) is 0 Å². The molecule has 3 N–H and O–H groups in total. The van der Waals surface area contributed by atoms with Crippen LogP contribution in [0.5, 0.6) is 0 Å². The van der Waals surface area contributed by atoms with E-state index in [2.05, 4.69) is 0 Å². The fourth-order valence-corrected chi connectivity index (χ4v) is 0. The monoisotopic (exact) mass is 132 g/mol. The molecule has 0 spiro atoms. The fraction of sp³-hybridized carbons (Fsp3) is 0. The zero-order valence-electron chi connectivity index (χ0n) is 2.30. The first-order chi connectivity index (χ1) is 0. The summed E-state index contributed by atoms with van der Waals surface area (Å²) in [5.74, 6) is 0. The van der Waals surface area contributed by atoms with Crippen molar-refractivity contribution in [3.8, 4) is 0 Å². The molecule has 0 amide bonds. The minimum Gasteiger partial charge on any atom is -0.870 e. The SMILES string of the molecule is O.[CaH+].[Fe].[OH-]. The summed E-state index contributed by atoms with van der Waals surface area (Å²) in [6, 6.07) is 0. The topological polar surface area (TPSA) is 61.5 Å². The Morgan fingerprint density at radius 3 is 1.00 bits per heavy atom. The zero-order chi connectivity index (χ0) is 0. The Morgan fingerprint density at radius 1 is 1.00 bits per heavy atom. The second-order valence-electron chi connectivity index (χ2n) is 0. The van der Waals surface area contributed by atoms with Crippen molar-refractivity contribution in [3.63, 3.8) is 0 Å². The zero-order valence-corrected chi connectivity index (χ0v) is 6.53. The number of hydrogen-bond acceptors (Lipinski definition) is 1. The molecule has 0 aliphatic carbocycles. The molecular weight excluding hydrogens is 128 g/mol. The molecule has 0 bridgehead atoms. The van der Waals surface area contributed by atoms with E-state index in [1.54, 1.807) is 0 Å². The minimum atomic E-state index is 0. The van der Waals surface area contributed by atoms with Crippen LogP contribution in [0.3, 0.4) is 0 Å². The fourth-order valence-electron chi connectivity index (χ4n) is 0. The van der Waals surface area contributed by atoms with Crippen LogP contribution in [-0.4, -0.2) is 48.7 Å². The Morgan fingerprint density at radius 2 is 1.00 bits per heavy atom. The van der Waals surface area contributed by atoms with E-state index in [4.69, 9.17) is 0 Å². The summed E-state index contributed by atoms with van der Waals surface area (Å²) < 4.78 is 0. The van der Waals surface area contributed by atoms with E-state index in [0.717, 1.165) is 0 Å². The van der Waals surface area contributed by atoms with E-state index in [1.807, 2.05) is 0 Å². The molecular formula is H4CaFeO2. The molecule has 0 aromatic heterocycles. The van der Waals surface area contributed by atoms with Crippen molar-refractivity contribution in [2.75, 3.05) is 0 Å². The quantitative estimate of drug-likeness (QED) is 0.364. The summed E-state index contributed by atoms with van der Waals surface area (Å²) in [4.78, 5) is 0. The van der Waals surface area contributed by atoms with Crippen LogP contribution in [0.4, 0.5) is 0 Å². The Balaban J connectivity index is 0. The van der Waals surface area contributed by atoms with E-state index >= 15 is 0 Å². The molecule has 0 saturated carbocycles. The molecule has 0 aromatic carbocycles. The van der Waals surface area contributed by atoms with Gasteiger partial charge < -0.3 is 11.0 Å². The third-order valence-corrected chi connectivity index (χ3v) is 0. The number of rotatable bonds is 0. The molecule has 0 saturated heterocycles. The van der Waals surface area contributed by atoms with Gasteiger partial charge in [-0.05, 0) is 0 Å². The van der Waals surface area contributed by atoms with Crippen molar-refractivity contribution in [1.29, 1.82) is 0 Å². The van der Waals surface area contributed by atoms with E-state index in [9.17, 15) is 0 Å². The standard InChI is InChI=1S/Ca.Fe.2H2O.H/h;;2*1H2;/q+1;;;;/p-1. The summed E-state index contributed by atoms with van der Waals surface area (Å²) in [7, 11) is 0. The van der Waals surface area contributed by atoms with Crippen molar-refractivity contribution in [1.82, 2.24) is 0 Å². The first-order valence-electron chi connectivity index (χ1n) is 0. The molecule has 0 radical (unpaired) electrons. The molecule has 0 fully saturated rings. The van der Waals surface area contributed by atoms with Gasteiger partial charge in [-0.25, -0.2) is 0 Å². The van der Waals surface area contributed by atoms with E-state index in [1.165, 1.54) is 0 Å². The van der Waals surface area contributed by atoms with Gasteiger partial charge in [0, 0.05) is 17.1 Å². The van der Waals surface area contributed by atoms with Crippen LogP contribution in [0.25, 0.3) is 0 Å². The molecule has 4 heteroatoms. The van der Waals surface area contributed by atoms with Crippen molar-refractivity contribution in [2.45, 2.75) is 0 Å². The second kappa shape index (κ2) is 22.3. The molecule has 0 atom stereocenters. The van der Waals surface area contributed by atoms with Gasteiger partial charge in [0.05, 0.1) is 0 Å². The molecule has 0 unspecified atom stereocenters. The second-order valence-corrected chi connectivity index (χ2v) is 0. The van der Waals surface area contributed by atoms with Crippen LogP contribution < -0.4 is 0 Å². The summed E-state index contributed by atoms with van der Waals surface area (Å²) in [6.45, 7) is 0. The van der Waals surface area contributed by atoms with Crippen LogP contribution in [0.1, 0.15) is 0 Å². The summed E-state index contributed by atoms with van der Waals surface area (Å²) >= 11 is 0. The van der Waals surface area contributed by atoms with Gasteiger partial charge >= 0.3 is 37.7 Å². The normalized spacial score (nSPS) is 0. The molecule has 0 heterocycles. The Kier molecular flexibility index (Phi) is 243. The largest absolute Gasteiger partial charge is 0.870 e. The van der Waals surface area contributed by atoms with Crippen LogP contribution >= 0.6 is 0 Å². The van der Waals surface area contributed by atoms with Crippen molar-refractivity contribution in [2.24, 2.45) is 0 Å². The van der Waals surface area contributed by atoms with Gasteiger partial charge in [-0.15, -0.1) is 0 Å². The predicted octanol–water partition coefficient (Wildman–Crippen LogP) is -1.65. The third kappa shape index (κ3) is 9.33. The molecule has 26 valence electrons. The van der Waals surface area contributed by atoms with Crippen molar-refractivity contribution >= 4 is 37.7 Å². The predicted molar refractivity (Wildman–Crippen MR) is 12.7 cm³/mol. The molecule has 0 rings (SSSR count). The van der Waals surface area contributed by atoms with Crippen LogP contribution in [0, 0.1) is 0 Å². The first kappa shape index (κ1) is 43.6. The number of hydrogen-bond donors (Lipinski definition) is 0. The molecule has 4 heavy (non-hydrogen) atoms. The molecule has 2 nitrogen and oxygen atoms in total. The van der Waals surface area contributed by atoms with Gasteiger partial charge in [0.2, 0.25) is 0 Å². The Hall–Kier alpha value is 1.70. The average molecular weight is 132 g/mol. The van der Waals surface area contributed by atoms with Gasteiger partial charge in [0.15, 0.2) is 0 Å². The van der Waals surface area contributed by atoms with Crippen molar-refractivity contribution in [3.05, 3.63) is 0 Å². The Bertz CT molecular complexity index is 6.00. The maximum absolute atomic E-state index is 0. The minimum absolute atomic E-state index is 0. The maximum atomic E-state index is 0. The summed E-state index contributed by atoms with van der Waals surface area (Å²) in [5, 5.41) is 0. The van der Waals surface area contributed by atoms with E-state index in [-0.39, 0.29) is 65.8 Å². The van der Waals surface area contributed by atoms with E-state index < -0.39 is 0 Å². The Labute approximate surface area is 65.0 Å². The first-order valence-corrected chi connectivity index (χ1v) is 0. The maximum Gasteiger partial charge on any atom is 0 e. The van der Waals surface area contributed by atoms with Gasteiger partial charge in [0.1, 0.15) is 0 Å².